The predicted molar refractivity (Wildman–Crippen MR) is 85.6 cm³/mol. The van der Waals surface area contributed by atoms with Crippen molar-refractivity contribution in [1.29, 1.82) is 0 Å². The van der Waals surface area contributed by atoms with Crippen LogP contribution in [0.15, 0.2) is 32.9 Å². The van der Waals surface area contributed by atoms with Crippen LogP contribution in [0.3, 0.4) is 0 Å². The van der Waals surface area contributed by atoms with Crippen molar-refractivity contribution in [1.82, 2.24) is 9.29 Å². The van der Waals surface area contributed by atoms with Gasteiger partial charge >= 0.3 is 0 Å². The van der Waals surface area contributed by atoms with Crippen LogP contribution in [0.4, 0.5) is 0 Å². The molecule has 21 heavy (non-hydrogen) atoms. The van der Waals surface area contributed by atoms with Gasteiger partial charge in [-0.3, -0.25) is 4.98 Å². The van der Waals surface area contributed by atoms with E-state index in [1.165, 1.54) is 28.8 Å². The highest BCUT2D eigenvalue weighted by Gasteiger charge is 2.26. The van der Waals surface area contributed by atoms with Gasteiger partial charge in [0.2, 0.25) is 10.0 Å². The van der Waals surface area contributed by atoms with E-state index in [1.807, 2.05) is 19.1 Å². The van der Waals surface area contributed by atoms with E-state index in [1.54, 1.807) is 6.07 Å². The lowest BCUT2D eigenvalue weighted by Crippen LogP contribution is -2.26. The fraction of sp³-hybridized carbons (Fsp3) is 0.308. The summed E-state index contributed by atoms with van der Waals surface area (Å²) in [6.45, 7) is 1.88. The second kappa shape index (κ2) is 6.53. The standard InChI is InChI=1S/C13H15BrN2O3S2/c1-9-4-3-5-10(15-9)7-16(2)21(18,19)12-6-11(8-17)20-13(12)14/h3-6,17H,7-8H2,1-2H3. The van der Waals surface area contributed by atoms with Crippen LogP contribution in [-0.4, -0.2) is 29.9 Å². The maximum atomic E-state index is 12.6. The van der Waals surface area contributed by atoms with Crippen LogP contribution in [0.1, 0.15) is 16.3 Å². The van der Waals surface area contributed by atoms with E-state index in [0.29, 0.717) is 14.4 Å². The molecule has 2 aromatic heterocycles. The number of hydrogen-bond donors (Lipinski definition) is 1. The summed E-state index contributed by atoms with van der Waals surface area (Å²) in [6, 6.07) is 6.99. The molecule has 0 atom stereocenters. The first-order chi connectivity index (χ1) is 9.84. The van der Waals surface area contributed by atoms with Gasteiger partial charge in [0.1, 0.15) is 4.90 Å². The van der Waals surface area contributed by atoms with Crippen molar-refractivity contribution in [2.24, 2.45) is 0 Å². The minimum atomic E-state index is -3.62. The van der Waals surface area contributed by atoms with Gasteiger partial charge in [-0.25, -0.2) is 8.42 Å². The van der Waals surface area contributed by atoms with E-state index in [4.69, 9.17) is 5.11 Å². The molecule has 0 fully saturated rings. The van der Waals surface area contributed by atoms with Gasteiger partial charge in [-0.2, -0.15) is 4.31 Å². The van der Waals surface area contributed by atoms with Gasteiger partial charge in [0.15, 0.2) is 0 Å². The minimum absolute atomic E-state index is 0.173. The maximum absolute atomic E-state index is 12.6. The number of nitrogens with zero attached hydrogens (tertiary/aromatic N) is 2. The van der Waals surface area contributed by atoms with E-state index in [0.717, 1.165) is 5.69 Å². The summed E-state index contributed by atoms with van der Waals surface area (Å²) in [5.41, 5.74) is 1.53. The zero-order chi connectivity index (χ0) is 15.6. The number of halogens is 1. The summed E-state index contributed by atoms with van der Waals surface area (Å²) < 4.78 is 26.9. The largest absolute Gasteiger partial charge is 0.391 e. The molecule has 2 rings (SSSR count). The molecule has 0 aliphatic heterocycles. The molecule has 0 radical (unpaired) electrons. The molecular weight excluding hydrogens is 376 g/mol. The van der Waals surface area contributed by atoms with Crippen molar-refractivity contribution >= 4 is 37.3 Å². The monoisotopic (exact) mass is 390 g/mol. The molecule has 114 valence electrons. The highest BCUT2D eigenvalue weighted by Crippen LogP contribution is 2.33. The van der Waals surface area contributed by atoms with Crippen LogP contribution < -0.4 is 0 Å². The van der Waals surface area contributed by atoms with Gasteiger partial charge < -0.3 is 5.11 Å². The molecule has 2 aromatic rings. The Labute approximate surface area is 136 Å². The van der Waals surface area contributed by atoms with Crippen LogP contribution in [0, 0.1) is 6.92 Å². The highest BCUT2D eigenvalue weighted by atomic mass is 79.9. The zero-order valence-corrected chi connectivity index (χ0v) is 14.8. The second-order valence-corrected chi connectivity index (χ2v) is 9.01. The van der Waals surface area contributed by atoms with Gasteiger partial charge in [-0.1, -0.05) is 6.07 Å². The first-order valence-electron chi connectivity index (χ1n) is 6.12. The molecule has 2 heterocycles. The summed E-state index contributed by atoms with van der Waals surface area (Å²) in [7, 11) is -2.11. The topological polar surface area (TPSA) is 70.5 Å². The quantitative estimate of drug-likeness (QED) is 0.851. The van der Waals surface area contributed by atoms with E-state index in [-0.39, 0.29) is 18.0 Å². The van der Waals surface area contributed by atoms with Crippen molar-refractivity contribution in [3.05, 3.63) is 44.3 Å². The molecule has 0 saturated heterocycles. The third kappa shape index (κ3) is 3.70. The van der Waals surface area contributed by atoms with Crippen molar-refractivity contribution in [2.45, 2.75) is 25.0 Å². The second-order valence-electron chi connectivity index (χ2n) is 4.54. The molecule has 1 N–H and O–H groups in total. The molecule has 0 aromatic carbocycles. The Hall–Kier alpha value is -0.800. The van der Waals surface area contributed by atoms with E-state index >= 15 is 0 Å². The number of rotatable bonds is 5. The molecular formula is C13H15BrN2O3S2. The lowest BCUT2D eigenvalue weighted by Gasteiger charge is -2.16. The summed E-state index contributed by atoms with van der Waals surface area (Å²) >= 11 is 4.46. The number of thiophene rings is 1. The van der Waals surface area contributed by atoms with Gasteiger partial charge in [0.05, 0.1) is 22.6 Å². The first kappa shape index (κ1) is 16.6. The lowest BCUT2D eigenvalue weighted by molar-refractivity contribution is 0.285. The number of hydrogen-bond acceptors (Lipinski definition) is 5. The third-order valence-corrected chi connectivity index (χ3v) is 6.92. The molecule has 0 amide bonds. The van der Waals surface area contributed by atoms with Crippen molar-refractivity contribution in [3.63, 3.8) is 0 Å². The zero-order valence-electron chi connectivity index (χ0n) is 11.6. The number of aliphatic hydroxyl groups is 1. The summed E-state index contributed by atoms with van der Waals surface area (Å²) in [5.74, 6) is 0. The Balaban J connectivity index is 2.28. The van der Waals surface area contributed by atoms with Gasteiger partial charge in [0, 0.05) is 17.6 Å². The Morgan fingerprint density at radius 3 is 2.71 bits per heavy atom. The normalized spacial score (nSPS) is 12.0. The maximum Gasteiger partial charge on any atom is 0.245 e. The van der Waals surface area contributed by atoms with E-state index in [2.05, 4.69) is 20.9 Å². The smallest absolute Gasteiger partial charge is 0.245 e. The van der Waals surface area contributed by atoms with E-state index < -0.39 is 10.0 Å². The summed E-state index contributed by atoms with van der Waals surface area (Å²) in [5, 5.41) is 9.12. The van der Waals surface area contributed by atoms with Crippen molar-refractivity contribution in [2.75, 3.05) is 7.05 Å². The Morgan fingerprint density at radius 1 is 1.43 bits per heavy atom. The fourth-order valence-corrected chi connectivity index (χ4v) is 5.45. The van der Waals surface area contributed by atoms with Gasteiger partial charge in [-0.05, 0) is 41.1 Å². The van der Waals surface area contributed by atoms with E-state index in [9.17, 15) is 8.42 Å². The highest BCUT2D eigenvalue weighted by molar-refractivity contribution is 9.11. The molecule has 0 saturated carbocycles. The molecule has 5 nitrogen and oxygen atoms in total. The average molecular weight is 391 g/mol. The minimum Gasteiger partial charge on any atom is -0.391 e. The van der Waals surface area contributed by atoms with Crippen LogP contribution in [-0.2, 0) is 23.2 Å². The molecule has 0 aliphatic rings. The number of aliphatic hydroxyl groups excluding tert-OH is 1. The SMILES string of the molecule is Cc1cccc(CN(C)S(=O)(=O)c2cc(CO)sc2Br)n1. The van der Waals surface area contributed by atoms with Crippen molar-refractivity contribution in [3.8, 4) is 0 Å². The predicted octanol–water partition coefficient (Wildman–Crippen LogP) is 2.53. The first-order valence-corrected chi connectivity index (χ1v) is 9.17. The Kier molecular flexibility index (Phi) is 5.15. The average Bonchev–Trinajstić information content (AvgIpc) is 2.80. The molecule has 8 heteroatoms. The van der Waals surface area contributed by atoms with Crippen LogP contribution in [0.2, 0.25) is 0 Å². The Morgan fingerprint density at radius 2 is 2.14 bits per heavy atom. The number of pyridine rings is 1. The van der Waals surface area contributed by atoms with Crippen LogP contribution in [0.5, 0.6) is 0 Å². The molecule has 0 unspecified atom stereocenters. The van der Waals surface area contributed by atoms with Crippen molar-refractivity contribution < 1.29 is 13.5 Å². The molecule has 0 spiro atoms. The number of aryl methyl sites for hydroxylation is 1. The van der Waals surface area contributed by atoms with Crippen LogP contribution >= 0.6 is 27.3 Å². The Bertz CT molecular complexity index is 744. The fourth-order valence-electron chi connectivity index (χ4n) is 1.82. The number of sulfonamides is 1. The van der Waals surface area contributed by atoms with Crippen LogP contribution in [0.25, 0.3) is 0 Å². The molecule has 0 bridgehead atoms. The summed E-state index contributed by atoms with van der Waals surface area (Å²) in [4.78, 5) is 5.08. The third-order valence-electron chi connectivity index (χ3n) is 2.88. The summed E-state index contributed by atoms with van der Waals surface area (Å²) in [6.07, 6.45) is 0. The number of aromatic nitrogens is 1. The van der Waals surface area contributed by atoms with Gasteiger partial charge in [0.25, 0.3) is 0 Å². The lowest BCUT2D eigenvalue weighted by atomic mass is 10.3. The van der Waals surface area contributed by atoms with Gasteiger partial charge in [-0.15, -0.1) is 11.3 Å². The molecule has 0 aliphatic carbocycles.